The minimum atomic E-state index is -0.312. The quantitative estimate of drug-likeness (QED) is 0.689. The highest BCUT2D eigenvalue weighted by atomic mass is 79.9. The number of hydrogen-bond acceptors (Lipinski definition) is 4. The molecule has 0 unspecified atom stereocenters. The molecule has 0 aliphatic rings. The van der Waals surface area contributed by atoms with Crippen LogP contribution < -0.4 is 10.2 Å². The molecule has 0 aliphatic carbocycles. The summed E-state index contributed by atoms with van der Waals surface area (Å²) in [4.78, 5) is 11.9. The van der Waals surface area contributed by atoms with E-state index in [9.17, 15) is 4.79 Å². The minimum Gasteiger partial charge on any atom is -0.496 e. The second-order valence-corrected chi connectivity index (χ2v) is 4.85. The number of halogens is 1. The Morgan fingerprint density at radius 1 is 1.40 bits per heavy atom. The number of methoxy groups -OCH3 is 1. The van der Waals surface area contributed by atoms with Gasteiger partial charge in [0, 0.05) is 5.56 Å². The van der Waals surface area contributed by atoms with Crippen molar-refractivity contribution in [3.8, 4) is 5.75 Å². The molecular formula is C14H13BrN2O3. The van der Waals surface area contributed by atoms with Gasteiger partial charge in [-0.25, -0.2) is 5.43 Å². The van der Waals surface area contributed by atoms with Gasteiger partial charge in [-0.15, -0.1) is 0 Å². The lowest BCUT2D eigenvalue weighted by Gasteiger charge is -2.05. The first kappa shape index (κ1) is 14.3. The van der Waals surface area contributed by atoms with Crippen LogP contribution in [0.25, 0.3) is 0 Å². The fourth-order valence-electron chi connectivity index (χ4n) is 1.55. The van der Waals surface area contributed by atoms with E-state index in [2.05, 4.69) is 26.5 Å². The topological polar surface area (TPSA) is 63.8 Å². The Labute approximate surface area is 124 Å². The Kier molecular flexibility index (Phi) is 4.57. The second kappa shape index (κ2) is 6.38. The Hall–Kier alpha value is -2.08. The van der Waals surface area contributed by atoms with Crippen LogP contribution in [0.5, 0.6) is 5.75 Å². The van der Waals surface area contributed by atoms with E-state index in [4.69, 9.17) is 9.15 Å². The molecule has 0 aliphatic heterocycles. The molecule has 1 aromatic heterocycles. The van der Waals surface area contributed by atoms with E-state index in [0.717, 1.165) is 5.76 Å². The molecule has 6 heteroatoms. The summed E-state index contributed by atoms with van der Waals surface area (Å²) in [5.74, 6) is 1.72. The molecule has 0 fully saturated rings. The third kappa shape index (κ3) is 3.48. The van der Waals surface area contributed by atoms with Crippen molar-refractivity contribution in [1.82, 2.24) is 5.43 Å². The van der Waals surface area contributed by atoms with Gasteiger partial charge in [0.05, 0.1) is 17.8 Å². The molecule has 1 heterocycles. The number of nitrogens with one attached hydrogen (secondary N) is 1. The van der Waals surface area contributed by atoms with Crippen LogP contribution in [0.15, 0.2) is 44.3 Å². The highest BCUT2D eigenvalue weighted by Crippen LogP contribution is 2.25. The summed E-state index contributed by atoms with van der Waals surface area (Å²) < 4.78 is 11.1. The van der Waals surface area contributed by atoms with Gasteiger partial charge in [-0.05, 0) is 53.2 Å². The highest BCUT2D eigenvalue weighted by Gasteiger charge is 2.07. The van der Waals surface area contributed by atoms with Gasteiger partial charge in [0.1, 0.15) is 17.3 Å². The van der Waals surface area contributed by atoms with Crippen molar-refractivity contribution < 1.29 is 13.9 Å². The summed E-state index contributed by atoms with van der Waals surface area (Å²) in [6.45, 7) is 1.84. The molecule has 104 valence electrons. The Bertz CT molecular complexity index is 650. The summed E-state index contributed by atoms with van der Waals surface area (Å²) in [5, 5.41) is 3.84. The summed E-state index contributed by atoms with van der Waals surface area (Å²) >= 11 is 3.32. The summed E-state index contributed by atoms with van der Waals surface area (Å²) in [7, 11) is 1.56. The molecule has 0 spiro atoms. The van der Waals surface area contributed by atoms with E-state index in [1.165, 1.54) is 6.21 Å². The monoisotopic (exact) mass is 336 g/mol. The molecule has 0 atom stereocenters. The van der Waals surface area contributed by atoms with Crippen LogP contribution in [-0.2, 0) is 0 Å². The number of hydrogen-bond donors (Lipinski definition) is 1. The maximum Gasteiger partial charge on any atom is 0.271 e. The molecule has 0 saturated carbocycles. The van der Waals surface area contributed by atoms with Gasteiger partial charge in [-0.3, -0.25) is 4.79 Å². The number of carbonyl (C=O) groups is 1. The Morgan fingerprint density at radius 2 is 2.20 bits per heavy atom. The van der Waals surface area contributed by atoms with E-state index in [0.29, 0.717) is 21.5 Å². The van der Waals surface area contributed by atoms with Crippen molar-refractivity contribution in [2.24, 2.45) is 5.10 Å². The first-order chi connectivity index (χ1) is 9.60. The first-order valence-corrected chi connectivity index (χ1v) is 6.63. The van der Waals surface area contributed by atoms with Gasteiger partial charge in [0.2, 0.25) is 0 Å². The van der Waals surface area contributed by atoms with E-state index >= 15 is 0 Å². The van der Waals surface area contributed by atoms with E-state index < -0.39 is 0 Å². The van der Waals surface area contributed by atoms with Crippen molar-refractivity contribution in [3.05, 3.63) is 51.9 Å². The van der Waals surface area contributed by atoms with Crippen molar-refractivity contribution in [1.29, 1.82) is 0 Å². The SMILES string of the molecule is COc1ccc(C(=O)NN=Cc2ccc(C)o2)cc1Br. The molecule has 0 saturated heterocycles. The van der Waals surface area contributed by atoms with Gasteiger partial charge < -0.3 is 9.15 Å². The zero-order valence-corrected chi connectivity index (χ0v) is 12.6. The molecule has 1 aromatic carbocycles. The number of carbonyl (C=O) groups excluding carboxylic acids is 1. The standard InChI is InChI=1S/C14H13BrN2O3/c1-9-3-5-11(20-9)8-16-17-14(18)10-4-6-13(19-2)12(15)7-10/h3-8H,1-2H3,(H,17,18). The lowest BCUT2D eigenvalue weighted by molar-refractivity contribution is 0.0955. The van der Waals surface area contributed by atoms with Gasteiger partial charge in [0.25, 0.3) is 5.91 Å². The Balaban J connectivity index is 2.01. The van der Waals surface area contributed by atoms with Crippen LogP contribution in [0.2, 0.25) is 0 Å². The summed E-state index contributed by atoms with van der Waals surface area (Å²) in [6.07, 6.45) is 1.45. The lowest BCUT2D eigenvalue weighted by Crippen LogP contribution is -2.17. The van der Waals surface area contributed by atoms with Crippen LogP contribution in [0.3, 0.4) is 0 Å². The van der Waals surface area contributed by atoms with E-state index in [-0.39, 0.29) is 5.91 Å². The molecule has 1 N–H and O–H groups in total. The molecule has 20 heavy (non-hydrogen) atoms. The third-order valence-corrected chi connectivity index (χ3v) is 3.15. The highest BCUT2D eigenvalue weighted by molar-refractivity contribution is 9.10. The Morgan fingerprint density at radius 3 is 2.80 bits per heavy atom. The van der Waals surface area contributed by atoms with Crippen molar-refractivity contribution in [2.45, 2.75) is 6.92 Å². The van der Waals surface area contributed by atoms with Gasteiger partial charge in [0.15, 0.2) is 0 Å². The number of benzene rings is 1. The van der Waals surface area contributed by atoms with Gasteiger partial charge in [-0.1, -0.05) is 0 Å². The number of aryl methyl sites for hydroxylation is 1. The molecule has 0 radical (unpaired) electrons. The van der Waals surface area contributed by atoms with Crippen LogP contribution in [0.4, 0.5) is 0 Å². The number of furan rings is 1. The maximum atomic E-state index is 11.9. The van der Waals surface area contributed by atoms with Gasteiger partial charge in [-0.2, -0.15) is 5.10 Å². The number of nitrogens with zero attached hydrogens (tertiary/aromatic N) is 1. The molecule has 5 nitrogen and oxygen atoms in total. The van der Waals surface area contributed by atoms with Crippen molar-refractivity contribution in [3.63, 3.8) is 0 Å². The van der Waals surface area contributed by atoms with Gasteiger partial charge >= 0.3 is 0 Å². The summed E-state index contributed by atoms with van der Waals surface area (Å²) in [6, 6.07) is 8.63. The maximum absolute atomic E-state index is 11.9. The minimum absolute atomic E-state index is 0.312. The number of rotatable bonds is 4. The number of ether oxygens (including phenoxy) is 1. The second-order valence-electron chi connectivity index (χ2n) is 4.00. The fourth-order valence-corrected chi connectivity index (χ4v) is 2.09. The van der Waals surface area contributed by atoms with Crippen LogP contribution in [0, 0.1) is 6.92 Å². The zero-order valence-electron chi connectivity index (χ0n) is 11.0. The zero-order chi connectivity index (χ0) is 14.5. The van der Waals surface area contributed by atoms with E-state index in [1.54, 1.807) is 31.4 Å². The molecule has 1 amide bonds. The smallest absolute Gasteiger partial charge is 0.271 e. The molecule has 2 rings (SSSR count). The molecular weight excluding hydrogens is 324 g/mol. The first-order valence-electron chi connectivity index (χ1n) is 5.83. The third-order valence-electron chi connectivity index (χ3n) is 2.53. The largest absolute Gasteiger partial charge is 0.496 e. The predicted molar refractivity (Wildman–Crippen MR) is 79.2 cm³/mol. The molecule has 2 aromatic rings. The predicted octanol–water partition coefficient (Wildman–Crippen LogP) is 3.12. The van der Waals surface area contributed by atoms with Crippen LogP contribution in [-0.4, -0.2) is 19.2 Å². The van der Waals surface area contributed by atoms with E-state index in [1.807, 2.05) is 13.0 Å². The van der Waals surface area contributed by atoms with Crippen molar-refractivity contribution in [2.75, 3.05) is 7.11 Å². The number of amides is 1. The summed E-state index contributed by atoms with van der Waals surface area (Å²) in [5.41, 5.74) is 2.91. The van der Waals surface area contributed by atoms with Crippen molar-refractivity contribution >= 4 is 28.1 Å². The lowest BCUT2D eigenvalue weighted by atomic mass is 10.2. The number of hydrazone groups is 1. The van der Waals surface area contributed by atoms with Crippen LogP contribution >= 0.6 is 15.9 Å². The average Bonchev–Trinajstić information content (AvgIpc) is 2.84. The fraction of sp³-hybridized carbons (Fsp3) is 0.143. The van der Waals surface area contributed by atoms with Crippen LogP contribution in [0.1, 0.15) is 21.9 Å². The molecule has 0 bridgehead atoms. The average molecular weight is 337 g/mol. The normalized spacial score (nSPS) is 10.8.